The number of aryl methyl sites for hydroxylation is 1. The highest BCUT2D eigenvalue weighted by Crippen LogP contribution is 2.39. The van der Waals surface area contributed by atoms with Crippen molar-refractivity contribution in [3.05, 3.63) is 51.1 Å². The Labute approximate surface area is 193 Å². The van der Waals surface area contributed by atoms with E-state index in [-0.39, 0.29) is 12.0 Å². The molecule has 0 bridgehead atoms. The van der Waals surface area contributed by atoms with E-state index in [1.165, 1.54) is 11.3 Å². The summed E-state index contributed by atoms with van der Waals surface area (Å²) in [7, 11) is 0. The molecule has 162 valence electrons. The topological polar surface area (TPSA) is 81.2 Å². The van der Waals surface area contributed by atoms with Gasteiger partial charge >= 0.3 is 5.97 Å². The maximum absolute atomic E-state index is 13.2. The van der Waals surface area contributed by atoms with Gasteiger partial charge in [0, 0.05) is 11.1 Å². The van der Waals surface area contributed by atoms with Crippen LogP contribution in [0.4, 0.5) is 5.13 Å². The predicted octanol–water partition coefficient (Wildman–Crippen LogP) is 5.40. The fourth-order valence-corrected chi connectivity index (χ4v) is 5.15. The average molecular weight is 502 g/mol. The molecule has 1 aromatic carbocycles. The van der Waals surface area contributed by atoms with Crippen LogP contribution in [0.1, 0.15) is 48.8 Å². The Kier molecular flexibility index (Phi) is 6.12. The summed E-state index contributed by atoms with van der Waals surface area (Å²) >= 11 is 4.60. The van der Waals surface area contributed by atoms with E-state index in [1.54, 1.807) is 6.20 Å². The van der Waals surface area contributed by atoms with Gasteiger partial charge < -0.3 is 4.74 Å². The van der Waals surface area contributed by atoms with Crippen LogP contribution in [0.25, 0.3) is 10.9 Å². The Hall–Kier alpha value is -2.32. The highest BCUT2D eigenvalue weighted by atomic mass is 79.9. The monoisotopic (exact) mass is 501 g/mol. The van der Waals surface area contributed by atoms with Gasteiger partial charge in [-0.1, -0.05) is 50.3 Å². The number of nitrogens with zero attached hydrogens (tertiary/aromatic N) is 2. The fraction of sp³-hybridized carbons (Fsp3) is 0.391. The molecule has 1 atom stereocenters. The van der Waals surface area contributed by atoms with Crippen molar-refractivity contribution >= 4 is 55.2 Å². The molecule has 8 heteroatoms. The fourth-order valence-electron chi connectivity index (χ4n) is 4.03. The van der Waals surface area contributed by atoms with Crippen LogP contribution in [0.3, 0.4) is 0 Å². The minimum atomic E-state index is -0.486. The second kappa shape index (κ2) is 8.67. The Morgan fingerprint density at radius 2 is 2.06 bits per heavy atom. The molecule has 2 heterocycles. The zero-order valence-electron chi connectivity index (χ0n) is 17.7. The number of nitrogens with one attached hydrogen (secondary N) is 1. The van der Waals surface area contributed by atoms with Gasteiger partial charge in [-0.3, -0.25) is 15.1 Å². The number of ether oxygens (including phenoxy) is 1. The maximum atomic E-state index is 13.2. The van der Waals surface area contributed by atoms with Crippen molar-refractivity contribution in [1.29, 1.82) is 0 Å². The molecule has 3 aromatic rings. The Morgan fingerprint density at radius 1 is 1.29 bits per heavy atom. The van der Waals surface area contributed by atoms with Crippen LogP contribution < -0.4 is 5.32 Å². The normalized spacial score (nSPS) is 16.1. The van der Waals surface area contributed by atoms with Crippen molar-refractivity contribution in [2.24, 2.45) is 11.3 Å². The molecule has 1 amide bonds. The van der Waals surface area contributed by atoms with E-state index >= 15 is 0 Å². The molecule has 6 nitrogen and oxygen atoms in total. The van der Waals surface area contributed by atoms with E-state index in [0.717, 1.165) is 45.2 Å². The molecule has 4 rings (SSSR count). The number of hydrogen-bond donors (Lipinski definition) is 1. The number of halogens is 1. The van der Waals surface area contributed by atoms with E-state index in [0.29, 0.717) is 16.6 Å². The summed E-state index contributed by atoms with van der Waals surface area (Å²) in [5.41, 5.74) is 3.37. The Balaban J connectivity index is 1.61. The van der Waals surface area contributed by atoms with Gasteiger partial charge in [0.1, 0.15) is 0 Å². The Morgan fingerprint density at radius 3 is 2.77 bits per heavy atom. The molecular weight excluding hydrogens is 478 g/mol. The molecular formula is C23H24BrN3O3S. The lowest BCUT2D eigenvalue weighted by Gasteiger charge is -2.35. The van der Waals surface area contributed by atoms with Crippen LogP contribution >= 0.6 is 27.3 Å². The third-order valence-corrected chi connectivity index (χ3v) is 7.14. The van der Waals surface area contributed by atoms with Crippen molar-refractivity contribution < 1.29 is 14.3 Å². The summed E-state index contributed by atoms with van der Waals surface area (Å²) in [6, 6.07) is 7.61. The lowest BCUT2D eigenvalue weighted by molar-refractivity contribution is -0.119. The van der Waals surface area contributed by atoms with Crippen LogP contribution in [0, 0.1) is 11.3 Å². The summed E-state index contributed by atoms with van der Waals surface area (Å²) in [6.45, 7) is 6.33. The largest absolute Gasteiger partial charge is 0.452 e. The quantitative estimate of drug-likeness (QED) is 0.484. The number of hydrogen-bond acceptors (Lipinski definition) is 6. The van der Waals surface area contributed by atoms with E-state index < -0.39 is 11.9 Å². The minimum Gasteiger partial charge on any atom is -0.452 e. The van der Waals surface area contributed by atoms with E-state index in [1.807, 2.05) is 24.3 Å². The molecule has 2 aromatic heterocycles. The number of pyridine rings is 1. The number of anilines is 1. The predicted molar refractivity (Wildman–Crippen MR) is 125 cm³/mol. The van der Waals surface area contributed by atoms with Gasteiger partial charge in [0.25, 0.3) is 5.91 Å². The number of benzene rings is 1. The third-order valence-electron chi connectivity index (χ3n) is 5.75. The van der Waals surface area contributed by atoms with Gasteiger partial charge in [0.05, 0.1) is 21.1 Å². The lowest BCUT2D eigenvalue weighted by Crippen LogP contribution is -2.29. The van der Waals surface area contributed by atoms with E-state index in [9.17, 15) is 9.59 Å². The van der Waals surface area contributed by atoms with Crippen molar-refractivity contribution in [1.82, 2.24) is 9.97 Å². The lowest BCUT2D eigenvalue weighted by atomic mass is 9.70. The minimum absolute atomic E-state index is 0.131. The van der Waals surface area contributed by atoms with Crippen LogP contribution in [0.2, 0.25) is 0 Å². The van der Waals surface area contributed by atoms with Crippen LogP contribution in [0.5, 0.6) is 0 Å². The first-order valence-corrected chi connectivity index (χ1v) is 11.8. The number of rotatable bonds is 4. The van der Waals surface area contributed by atoms with Gasteiger partial charge in [0.2, 0.25) is 0 Å². The first-order valence-electron chi connectivity index (χ1n) is 10.2. The maximum Gasteiger partial charge on any atom is 0.339 e. The number of carbonyl (C=O) groups excluding carboxylic acids is 2. The van der Waals surface area contributed by atoms with Crippen molar-refractivity contribution in [3.63, 3.8) is 0 Å². The summed E-state index contributed by atoms with van der Waals surface area (Å²) in [4.78, 5) is 34.3. The summed E-state index contributed by atoms with van der Waals surface area (Å²) in [6.07, 6.45) is 4.26. The number of thiazole rings is 1. The van der Waals surface area contributed by atoms with Gasteiger partial charge in [-0.05, 0) is 58.2 Å². The number of aromatic nitrogens is 2. The molecule has 1 aliphatic carbocycles. The number of carbonyl (C=O) groups is 2. The first kappa shape index (κ1) is 21.9. The van der Waals surface area contributed by atoms with Gasteiger partial charge in [-0.15, -0.1) is 0 Å². The standard InChI is InChI=1S/C23H24BrN3O3S/c1-23(2,3)13-8-9-17-15(10-13)20(14-6-4-5-7-16(14)26-17)21(29)30-12-19(28)27-22-25-11-18(24)31-22/h4-7,11,13H,8-10,12H2,1-3H3,(H,25,27,28). The molecule has 0 aliphatic heterocycles. The molecule has 1 aliphatic rings. The highest BCUT2D eigenvalue weighted by molar-refractivity contribution is 9.11. The van der Waals surface area contributed by atoms with Gasteiger partial charge in [-0.2, -0.15) is 0 Å². The second-order valence-corrected chi connectivity index (χ2v) is 11.2. The summed E-state index contributed by atoms with van der Waals surface area (Å²) in [5.74, 6) is -0.462. The van der Waals surface area contributed by atoms with Crippen LogP contribution in [-0.4, -0.2) is 28.5 Å². The van der Waals surface area contributed by atoms with E-state index in [4.69, 9.17) is 9.72 Å². The number of fused-ring (bicyclic) bond motifs is 2. The molecule has 0 spiro atoms. The van der Waals surface area contributed by atoms with Crippen LogP contribution in [-0.2, 0) is 22.4 Å². The Bertz CT molecular complexity index is 1150. The third kappa shape index (κ3) is 4.80. The molecule has 0 fully saturated rings. The van der Waals surface area contributed by atoms with Crippen molar-refractivity contribution in [2.45, 2.75) is 40.0 Å². The zero-order valence-corrected chi connectivity index (χ0v) is 20.1. The van der Waals surface area contributed by atoms with Crippen molar-refractivity contribution in [3.8, 4) is 0 Å². The van der Waals surface area contributed by atoms with Gasteiger partial charge in [0.15, 0.2) is 11.7 Å². The smallest absolute Gasteiger partial charge is 0.339 e. The SMILES string of the molecule is CC(C)(C)C1CCc2nc3ccccc3c(C(=O)OCC(=O)Nc3ncc(Br)s3)c2C1. The summed E-state index contributed by atoms with van der Waals surface area (Å²) < 4.78 is 6.26. The molecule has 0 saturated heterocycles. The first-order chi connectivity index (χ1) is 14.7. The highest BCUT2D eigenvalue weighted by Gasteiger charge is 2.33. The van der Waals surface area contributed by atoms with E-state index in [2.05, 4.69) is 47.0 Å². The zero-order chi connectivity index (χ0) is 22.2. The molecule has 1 N–H and O–H groups in total. The molecule has 31 heavy (non-hydrogen) atoms. The molecule has 1 unspecified atom stereocenters. The number of para-hydroxylation sites is 1. The molecule has 0 saturated carbocycles. The van der Waals surface area contributed by atoms with Crippen molar-refractivity contribution in [2.75, 3.05) is 11.9 Å². The summed E-state index contributed by atoms with van der Waals surface area (Å²) in [5, 5.41) is 3.87. The van der Waals surface area contributed by atoms with Gasteiger partial charge in [-0.25, -0.2) is 9.78 Å². The van der Waals surface area contributed by atoms with Crippen LogP contribution in [0.15, 0.2) is 34.2 Å². The molecule has 0 radical (unpaired) electrons. The second-order valence-electron chi connectivity index (χ2n) is 8.83. The number of amides is 1. The number of esters is 1. The average Bonchev–Trinajstić information content (AvgIpc) is 3.13.